The standard InChI is InChI=1S/C38H33Cl4N5O8/c1-50-37(51-2)33(39)17-18(34(37,40)22-21(33)43-13-9-5-6-10-14(13)44-22)26-32-28-20-19(27(55-28)31(32,25(17)54-26)29(48)47-30(32)49)35(41)23-24(36(20,42)38(35,52-3)53-4)46-16-12-8-7-11-15(16)45-23/h5-12,17-28H,1-4H3,(H,47,48,49)/t17?,18?,19?,20?,21?,22?,23?,24?,25-,26+,27+,28-,31?,32?,33+,34-,35-,36+. The molecule has 8 bridgehead atoms. The lowest BCUT2D eigenvalue weighted by atomic mass is 9.41. The third-order valence-corrected chi connectivity index (χ3v) is 19.3. The molecule has 13 rings (SSSR count). The molecule has 17 heteroatoms. The number of rotatable bonds is 4. The highest BCUT2D eigenvalue weighted by molar-refractivity contribution is 6.34. The second-order valence-electron chi connectivity index (χ2n) is 17.0. The number of imide groups is 1. The minimum absolute atomic E-state index is 0.520. The zero-order chi connectivity index (χ0) is 37.8. The number of para-hydroxylation sites is 4. The van der Waals surface area contributed by atoms with Crippen LogP contribution in [0.2, 0.25) is 0 Å². The molecule has 55 heavy (non-hydrogen) atoms. The van der Waals surface area contributed by atoms with Gasteiger partial charge in [0.2, 0.25) is 23.4 Å². The van der Waals surface area contributed by atoms with E-state index in [1.54, 1.807) is 0 Å². The molecule has 286 valence electrons. The fourth-order valence-corrected chi connectivity index (χ4v) is 18.4. The van der Waals surface area contributed by atoms with Crippen LogP contribution in [-0.4, -0.2) is 120 Å². The van der Waals surface area contributed by atoms with Gasteiger partial charge in [0.1, 0.15) is 30.3 Å². The number of hydrogen-bond donors (Lipinski definition) is 1. The second-order valence-corrected chi connectivity index (χ2v) is 19.5. The Labute approximate surface area is 332 Å². The fraction of sp³-hybridized carbons (Fsp3) is 0.632. The van der Waals surface area contributed by atoms with Crippen LogP contribution < -0.4 is 26.7 Å². The first-order valence-electron chi connectivity index (χ1n) is 18.5. The quantitative estimate of drug-likeness (QED) is 0.257. The van der Waals surface area contributed by atoms with Gasteiger partial charge in [-0.25, -0.2) is 0 Å². The molecule has 9 fully saturated rings. The molecule has 18 atom stereocenters. The topological polar surface area (TPSA) is 151 Å². The van der Waals surface area contributed by atoms with Gasteiger partial charge in [-0.15, -0.1) is 46.4 Å². The van der Waals surface area contributed by atoms with Crippen molar-refractivity contribution in [2.45, 2.75) is 79.7 Å². The predicted octanol–water partition coefficient (Wildman–Crippen LogP) is -0.0342. The van der Waals surface area contributed by atoms with Gasteiger partial charge in [0.25, 0.3) is 0 Å². The minimum atomic E-state index is -1.67. The van der Waals surface area contributed by atoms with Crippen molar-refractivity contribution in [3.05, 3.63) is 70.0 Å². The molecule has 5 saturated heterocycles. The van der Waals surface area contributed by atoms with Crippen LogP contribution in [-0.2, 0) is 38.0 Å². The molecule has 4 saturated carbocycles. The monoisotopic (exact) mass is 827 g/mol. The van der Waals surface area contributed by atoms with E-state index >= 15 is 9.59 Å². The molecule has 1 N–H and O–H groups in total. The lowest BCUT2D eigenvalue weighted by Crippen LogP contribution is -2.74. The first kappa shape index (κ1) is 33.6. The zero-order valence-corrected chi connectivity index (χ0v) is 32.6. The van der Waals surface area contributed by atoms with Gasteiger partial charge in [-0.2, -0.15) is 0 Å². The molecule has 2 aromatic carbocycles. The number of nitrogens with one attached hydrogen (secondary N) is 1. The number of carbonyl (C=O) groups excluding carboxylic acids is 2. The van der Waals surface area contributed by atoms with Crippen molar-refractivity contribution >= 4 is 58.2 Å². The molecule has 0 radical (unpaired) electrons. The Bertz CT molecular complexity index is 2200. The second kappa shape index (κ2) is 9.43. The lowest BCUT2D eigenvalue weighted by molar-refractivity contribution is -0.236. The summed E-state index contributed by atoms with van der Waals surface area (Å²) in [5.41, 5.74) is -3.22. The molecule has 7 aliphatic heterocycles. The van der Waals surface area contributed by atoms with Crippen LogP contribution >= 0.6 is 46.4 Å². The van der Waals surface area contributed by atoms with Crippen LogP contribution in [0.5, 0.6) is 0 Å². The lowest BCUT2D eigenvalue weighted by Gasteiger charge is -2.57. The van der Waals surface area contributed by atoms with E-state index in [4.69, 9.17) is 94.8 Å². The molecule has 2 aromatic rings. The van der Waals surface area contributed by atoms with Gasteiger partial charge in [-0.3, -0.25) is 34.9 Å². The van der Waals surface area contributed by atoms with E-state index in [0.29, 0.717) is 21.4 Å². The van der Waals surface area contributed by atoms with Crippen molar-refractivity contribution < 1.29 is 38.0 Å². The van der Waals surface area contributed by atoms with Crippen LogP contribution in [0.1, 0.15) is 0 Å². The van der Waals surface area contributed by atoms with E-state index in [9.17, 15) is 0 Å². The van der Waals surface area contributed by atoms with Gasteiger partial charge in [-0.1, -0.05) is 24.3 Å². The van der Waals surface area contributed by atoms with Gasteiger partial charge >= 0.3 is 0 Å². The highest BCUT2D eigenvalue weighted by Gasteiger charge is 3.06. The Morgan fingerprint density at radius 3 is 1.00 bits per heavy atom. The Hall–Kier alpha value is -2.30. The smallest absolute Gasteiger partial charge is 0.239 e. The average molecular weight is 830 g/mol. The summed E-state index contributed by atoms with van der Waals surface area (Å²) in [5.74, 6) is -7.24. The van der Waals surface area contributed by atoms with Crippen molar-refractivity contribution in [3.63, 3.8) is 0 Å². The van der Waals surface area contributed by atoms with E-state index < -0.39 is 126 Å². The SMILES string of the molecule is COC1(OC)[C@@]2(Cl)C3N=c4ccccc4=NC3[C@]1(Cl)C1C2[C@H]2O[C@@H]1C13C(=O)NC(=O)C21[C@H]1O[C@@H]3C2C1[C@@]1(Cl)C3N=c4ccccc4=NC3[C@]2(Cl)C1(OC)OC. The molecular formula is C38H33Cl4N5O8. The largest absolute Gasteiger partial charge is 0.372 e. The third kappa shape index (κ3) is 2.62. The summed E-state index contributed by atoms with van der Waals surface area (Å²) < 4.78 is 39.8. The number of amides is 2. The Balaban J connectivity index is 1.07. The minimum Gasteiger partial charge on any atom is -0.372 e. The zero-order valence-electron chi connectivity index (χ0n) is 29.6. The highest BCUT2D eigenvalue weighted by Crippen LogP contribution is 2.89. The maximum Gasteiger partial charge on any atom is 0.239 e. The first-order chi connectivity index (χ1) is 26.4. The van der Waals surface area contributed by atoms with Crippen molar-refractivity contribution in [1.29, 1.82) is 0 Å². The van der Waals surface area contributed by atoms with E-state index in [-0.39, 0.29) is 0 Å². The molecule has 11 aliphatic rings. The van der Waals surface area contributed by atoms with Crippen LogP contribution in [0.25, 0.3) is 0 Å². The van der Waals surface area contributed by atoms with Gasteiger partial charge in [0.15, 0.2) is 0 Å². The van der Waals surface area contributed by atoms with Crippen LogP contribution in [0.15, 0.2) is 68.5 Å². The maximum atomic E-state index is 15.0. The average Bonchev–Trinajstić information content (AvgIpc) is 4.05. The molecule has 0 aromatic heterocycles. The van der Waals surface area contributed by atoms with Gasteiger partial charge < -0.3 is 28.4 Å². The summed E-state index contributed by atoms with van der Waals surface area (Å²) in [5, 5.41) is 5.36. The van der Waals surface area contributed by atoms with Crippen LogP contribution in [0, 0.1) is 34.5 Å². The number of halogens is 4. The van der Waals surface area contributed by atoms with Crippen molar-refractivity contribution in [2.75, 3.05) is 28.4 Å². The molecule has 13 nitrogen and oxygen atoms in total. The summed E-state index contributed by atoms with van der Waals surface area (Å²) in [4.78, 5) is 44.7. The Kier molecular flexibility index (Phi) is 5.77. The van der Waals surface area contributed by atoms with Crippen molar-refractivity contribution in [2.24, 2.45) is 54.5 Å². The van der Waals surface area contributed by atoms with Gasteiger partial charge in [-0.05, 0) is 24.3 Å². The number of ether oxygens (including phenoxy) is 6. The third-order valence-electron chi connectivity index (χ3n) is 16.4. The Morgan fingerprint density at radius 2 is 0.764 bits per heavy atom. The van der Waals surface area contributed by atoms with Crippen molar-refractivity contribution in [1.82, 2.24) is 5.32 Å². The molecule has 2 amide bonds. The Morgan fingerprint density at radius 1 is 0.509 bits per heavy atom. The van der Waals surface area contributed by atoms with E-state index in [1.807, 2.05) is 48.5 Å². The number of fused-ring (bicyclic) bond motifs is 26. The van der Waals surface area contributed by atoms with E-state index in [1.165, 1.54) is 28.4 Å². The number of carbonyl (C=O) groups is 2. The summed E-state index contributed by atoms with van der Waals surface area (Å²) in [6, 6.07) is 12.1. The molecule has 4 aliphatic carbocycles. The van der Waals surface area contributed by atoms with Gasteiger partial charge in [0, 0.05) is 52.1 Å². The number of methoxy groups -OCH3 is 4. The van der Waals surface area contributed by atoms with Crippen LogP contribution in [0.3, 0.4) is 0 Å². The normalized spacial score (nSPS) is 55.5. The number of nitrogens with zero attached hydrogens (tertiary/aromatic N) is 4. The van der Waals surface area contributed by atoms with Crippen molar-refractivity contribution in [3.8, 4) is 0 Å². The maximum absolute atomic E-state index is 15.0. The highest BCUT2D eigenvalue weighted by atomic mass is 35.5. The molecular weight excluding hydrogens is 796 g/mol. The van der Waals surface area contributed by atoms with Crippen LogP contribution in [0.4, 0.5) is 0 Å². The number of benzene rings is 2. The summed E-state index contributed by atoms with van der Waals surface area (Å²) >= 11 is 32.5. The number of alkyl halides is 4. The van der Waals surface area contributed by atoms with Gasteiger partial charge in [0.05, 0.1) is 70.0 Å². The number of hydrogen-bond acceptors (Lipinski definition) is 12. The first-order valence-corrected chi connectivity index (χ1v) is 20.0. The van der Waals surface area contributed by atoms with E-state index in [0.717, 1.165) is 0 Å². The molecule has 7 heterocycles. The predicted molar refractivity (Wildman–Crippen MR) is 190 cm³/mol. The molecule has 0 spiro atoms. The summed E-state index contributed by atoms with van der Waals surface area (Å²) in [6.45, 7) is 0. The fourth-order valence-electron chi connectivity index (χ4n) is 15.4. The molecule has 10 unspecified atom stereocenters. The summed E-state index contributed by atoms with van der Waals surface area (Å²) in [6.07, 6.45) is -4.02. The summed E-state index contributed by atoms with van der Waals surface area (Å²) in [7, 11) is 6.03. The van der Waals surface area contributed by atoms with E-state index in [2.05, 4.69) is 5.32 Å².